The Labute approximate surface area is 177 Å². The van der Waals surface area contributed by atoms with E-state index in [0.717, 1.165) is 16.3 Å². The largest absolute Gasteiger partial charge is 0.192 e. The summed E-state index contributed by atoms with van der Waals surface area (Å²) in [5, 5.41) is 16.6. The quantitative estimate of drug-likeness (QED) is 0.252. The van der Waals surface area contributed by atoms with Crippen molar-refractivity contribution in [1.29, 1.82) is 5.26 Å². The number of fused-ring (bicyclic) bond motifs is 6. The first-order valence-corrected chi connectivity index (χ1v) is 10.7. The van der Waals surface area contributed by atoms with Gasteiger partial charge in [0.25, 0.3) is 0 Å². The molecule has 0 atom stereocenters. The molecule has 0 heterocycles. The van der Waals surface area contributed by atoms with E-state index in [0.29, 0.717) is 0 Å². The van der Waals surface area contributed by atoms with Crippen LogP contribution in [0.15, 0.2) is 91.0 Å². The van der Waals surface area contributed by atoms with E-state index in [9.17, 15) is 0 Å². The Hall–Kier alpha value is -3.63. The Kier molecular flexibility index (Phi) is 4.91. The van der Waals surface area contributed by atoms with Crippen molar-refractivity contribution in [2.75, 3.05) is 0 Å². The molecule has 0 bridgehead atoms. The molecule has 30 heavy (non-hydrogen) atoms. The number of nitrogens with zero attached hydrogens (tertiary/aromatic N) is 1. The standard InChI is InChI=1S/C18H16.C11H7N/c1-3-7-15-13(5-1)9-11-18-16-8-4-2-6-14(16)10-12-17(15)18;12-8-10-6-3-5-9-4-1-2-7-11(9)10/h1,3,5,7,9-12H,2,4,6,8H2;1-7H. The Morgan fingerprint density at radius 2 is 1.20 bits per heavy atom. The van der Waals surface area contributed by atoms with Gasteiger partial charge in [0.1, 0.15) is 0 Å². The lowest BCUT2D eigenvalue weighted by molar-refractivity contribution is 0.690. The Bertz CT molecular complexity index is 1400. The van der Waals surface area contributed by atoms with Crippen LogP contribution in [0, 0.1) is 11.3 Å². The first kappa shape index (κ1) is 18.4. The minimum atomic E-state index is 0.744. The van der Waals surface area contributed by atoms with E-state index < -0.39 is 0 Å². The van der Waals surface area contributed by atoms with Crippen molar-refractivity contribution in [3.05, 3.63) is 108 Å². The summed E-state index contributed by atoms with van der Waals surface area (Å²) in [6.45, 7) is 0. The summed E-state index contributed by atoms with van der Waals surface area (Å²) in [5.74, 6) is 0. The van der Waals surface area contributed by atoms with E-state index >= 15 is 0 Å². The van der Waals surface area contributed by atoms with Crippen molar-refractivity contribution >= 4 is 32.3 Å². The molecule has 0 aliphatic heterocycles. The summed E-state index contributed by atoms with van der Waals surface area (Å²) >= 11 is 0. The molecule has 0 radical (unpaired) electrons. The fourth-order valence-corrected chi connectivity index (χ4v) is 4.67. The maximum Gasteiger partial charge on any atom is 0.0998 e. The second kappa shape index (κ2) is 8.01. The topological polar surface area (TPSA) is 23.8 Å². The highest BCUT2D eigenvalue weighted by Gasteiger charge is 2.13. The summed E-state index contributed by atoms with van der Waals surface area (Å²) in [6, 6.07) is 33.8. The monoisotopic (exact) mass is 385 g/mol. The molecule has 0 unspecified atom stereocenters. The van der Waals surface area contributed by atoms with Gasteiger partial charge in [0.05, 0.1) is 11.6 Å². The molecule has 5 aromatic rings. The average Bonchev–Trinajstić information content (AvgIpc) is 2.83. The second-order valence-corrected chi connectivity index (χ2v) is 7.93. The Morgan fingerprint density at radius 3 is 2.03 bits per heavy atom. The molecule has 6 rings (SSSR count). The lowest BCUT2D eigenvalue weighted by Gasteiger charge is -2.18. The summed E-state index contributed by atoms with van der Waals surface area (Å²) in [7, 11) is 0. The van der Waals surface area contributed by atoms with Crippen LogP contribution in [0.4, 0.5) is 0 Å². The molecule has 0 N–H and O–H groups in total. The van der Waals surface area contributed by atoms with Gasteiger partial charge in [-0.2, -0.15) is 5.26 Å². The third kappa shape index (κ3) is 3.31. The van der Waals surface area contributed by atoms with Gasteiger partial charge in [0, 0.05) is 0 Å². The third-order valence-electron chi connectivity index (χ3n) is 6.17. The zero-order chi connectivity index (χ0) is 20.3. The van der Waals surface area contributed by atoms with Crippen LogP contribution in [-0.4, -0.2) is 0 Å². The highest BCUT2D eigenvalue weighted by Crippen LogP contribution is 2.33. The van der Waals surface area contributed by atoms with E-state index in [1.807, 2.05) is 42.5 Å². The number of hydrogen-bond donors (Lipinski definition) is 0. The maximum absolute atomic E-state index is 8.79. The molecule has 144 valence electrons. The fourth-order valence-electron chi connectivity index (χ4n) is 4.67. The lowest BCUT2D eigenvalue weighted by Crippen LogP contribution is -2.02. The van der Waals surface area contributed by atoms with Gasteiger partial charge in [-0.1, -0.05) is 84.9 Å². The zero-order valence-electron chi connectivity index (χ0n) is 16.9. The lowest BCUT2D eigenvalue weighted by atomic mass is 9.86. The van der Waals surface area contributed by atoms with Crippen LogP contribution in [-0.2, 0) is 12.8 Å². The first-order chi connectivity index (χ1) is 14.8. The van der Waals surface area contributed by atoms with Gasteiger partial charge < -0.3 is 0 Å². The summed E-state index contributed by atoms with van der Waals surface area (Å²) in [5.41, 5.74) is 3.92. The van der Waals surface area contributed by atoms with Gasteiger partial charge >= 0.3 is 0 Å². The fraction of sp³-hybridized carbons (Fsp3) is 0.138. The number of hydrogen-bond acceptors (Lipinski definition) is 1. The molecule has 0 aromatic heterocycles. The van der Waals surface area contributed by atoms with Gasteiger partial charge in [-0.15, -0.1) is 0 Å². The predicted molar refractivity (Wildman–Crippen MR) is 127 cm³/mol. The van der Waals surface area contributed by atoms with Crippen LogP contribution < -0.4 is 0 Å². The van der Waals surface area contributed by atoms with Crippen LogP contribution in [0.25, 0.3) is 32.3 Å². The summed E-state index contributed by atoms with van der Waals surface area (Å²) in [4.78, 5) is 0. The number of rotatable bonds is 0. The molecule has 0 saturated carbocycles. The highest BCUT2D eigenvalue weighted by atomic mass is 14.2. The minimum Gasteiger partial charge on any atom is -0.192 e. The van der Waals surface area contributed by atoms with Crippen molar-refractivity contribution in [3.8, 4) is 6.07 Å². The molecule has 1 nitrogen and oxygen atoms in total. The minimum absolute atomic E-state index is 0.744. The smallest absolute Gasteiger partial charge is 0.0998 e. The van der Waals surface area contributed by atoms with Crippen LogP contribution in [0.2, 0.25) is 0 Å². The number of aryl methyl sites for hydroxylation is 2. The molecule has 0 spiro atoms. The molecule has 0 amide bonds. The number of nitriles is 1. The number of benzene rings is 5. The summed E-state index contributed by atoms with van der Waals surface area (Å²) < 4.78 is 0. The van der Waals surface area contributed by atoms with E-state index in [2.05, 4.69) is 54.6 Å². The van der Waals surface area contributed by atoms with Gasteiger partial charge in [-0.25, -0.2) is 0 Å². The first-order valence-electron chi connectivity index (χ1n) is 10.7. The van der Waals surface area contributed by atoms with Crippen LogP contribution in [0.5, 0.6) is 0 Å². The van der Waals surface area contributed by atoms with Crippen LogP contribution >= 0.6 is 0 Å². The zero-order valence-corrected chi connectivity index (χ0v) is 16.9. The van der Waals surface area contributed by atoms with Gasteiger partial charge in [-0.05, 0) is 75.2 Å². The molecular weight excluding hydrogens is 362 g/mol. The third-order valence-corrected chi connectivity index (χ3v) is 6.17. The van der Waals surface area contributed by atoms with E-state index in [4.69, 9.17) is 5.26 Å². The summed E-state index contributed by atoms with van der Waals surface area (Å²) in [6.07, 6.45) is 5.22. The molecule has 1 aliphatic carbocycles. The Morgan fingerprint density at radius 1 is 0.533 bits per heavy atom. The van der Waals surface area contributed by atoms with Gasteiger partial charge in [0.2, 0.25) is 0 Å². The van der Waals surface area contributed by atoms with E-state index in [1.54, 1.807) is 11.1 Å². The van der Waals surface area contributed by atoms with Crippen molar-refractivity contribution in [2.45, 2.75) is 25.7 Å². The maximum atomic E-state index is 8.79. The van der Waals surface area contributed by atoms with E-state index in [-0.39, 0.29) is 0 Å². The molecule has 0 saturated heterocycles. The van der Waals surface area contributed by atoms with Crippen molar-refractivity contribution < 1.29 is 0 Å². The average molecular weight is 386 g/mol. The van der Waals surface area contributed by atoms with Crippen LogP contribution in [0.3, 0.4) is 0 Å². The van der Waals surface area contributed by atoms with Crippen molar-refractivity contribution in [3.63, 3.8) is 0 Å². The van der Waals surface area contributed by atoms with Crippen molar-refractivity contribution in [2.24, 2.45) is 0 Å². The second-order valence-electron chi connectivity index (χ2n) is 7.93. The van der Waals surface area contributed by atoms with Gasteiger partial charge in [-0.3, -0.25) is 0 Å². The normalized spacial score (nSPS) is 12.8. The Balaban J connectivity index is 0.000000140. The van der Waals surface area contributed by atoms with E-state index in [1.165, 1.54) is 47.2 Å². The molecule has 0 fully saturated rings. The van der Waals surface area contributed by atoms with Crippen molar-refractivity contribution in [1.82, 2.24) is 0 Å². The SMILES string of the molecule is N#Cc1cccc2ccccc12.c1ccc2c(c1)ccc1c3c(ccc12)CCCC3. The predicted octanol–water partition coefficient (Wildman–Crippen LogP) is 7.58. The molecule has 1 aliphatic rings. The van der Waals surface area contributed by atoms with Gasteiger partial charge in [0.15, 0.2) is 0 Å². The van der Waals surface area contributed by atoms with Crippen LogP contribution in [0.1, 0.15) is 29.5 Å². The molecule has 5 aromatic carbocycles. The molecule has 1 heteroatoms. The molecular formula is C29H23N. The highest BCUT2D eigenvalue weighted by molar-refractivity contribution is 6.08.